The molecule has 0 spiro atoms. The summed E-state index contributed by atoms with van der Waals surface area (Å²) in [5.74, 6) is 0. The second-order valence-corrected chi connectivity index (χ2v) is 4.33. The molecule has 2 aromatic rings. The van der Waals surface area contributed by atoms with E-state index >= 15 is 0 Å². The fourth-order valence-corrected chi connectivity index (χ4v) is 2.09. The summed E-state index contributed by atoms with van der Waals surface area (Å²) in [6.45, 7) is 8.82. The summed E-state index contributed by atoms with van der Waals surface area (Å²) in [6, 6.07) is 6.18. The summed E-state index contributed by atoms with van der Waals surface area (Å²) in [7, 11) is 0. The van der Waals surface area contributed by atoms with Crippen molar-refractivity contribution in [2.75, 3.05) is 0 Å². The number of benzene rings is 1. The number of para-hydroxylation sites is 1. The maximum Gasteiger partial charge on any atom is 0.178 e. The average Bonchev–Trinajstić information content (AvgIpc) is 2.43. The van der Waals surface area contributed by atoms with Gasteiger partial charge in [-0.2, -0.15) is 0 Å². The van der Waals surface area contributed by atoms with Crippen molar-refractivity contribution in [1.29, 1.82) is 0 Å². The number of fused-ring (bicyclic) bond motifs is 1. The summed E-state index contributed by atoms with van der Waals surface area (Å²) < 4.78 is 2.87. The lowest BCUT2D eigenvalue weighted by Crippen LogP contribution is -1.99. The summed E-state index contributed by atoms with van der Waals surface area (Å²) in [5, 5.41) is 0. The van der Waals surface area contributed by atoms with Crippen LogP contribution in [-0.2, 0) is 6.54 Å². The minimum Gasteiger partial charge on any atom is -0.331 e. The molecule has 2 rings (SSSR count). The van der Waals surface area contributed by atoms with Gasteiger partial charge in [0.2, 0.25) is 0 Å². The van der Waals surface area contributed by atoms with Gasteiger partial charge in [-0.1, -0.05) is 24.3 Å². The molecule has 0 amide bonds. The molecule has 15 heavy (non-hydrogen) atoms. The summed E-state index contributed by atoms with van der Waals surface area (Å²) in [5.41, 5.74) is 4.63. The molecule has 0 fully saturated rings. The Balaban J connectivity index is 2.76. The van der Waals surface area contributed by atoms with Crippen molar-refractivity contribution in [3.63, 3.8) is 0 Å². The molecule has 1 heterocycles. The molecular weight excluding hydrogens is 204 g/mol. The molecule has 3 heteroatoms. The number of H-pyrrole nitrogens is 1. The quantitative estimate of drug-likeness (QED) is 0.603. The smallest absolute Gasteiger partial charge is 0.178 e. The molecule has 0 saturated heterocycles. The second-order valence-electron chi connectivity index (χ2n) is 3.94. The lowest BCUT2D eigenvalue weighted by Gasteiger charge is -2.05. The Labute approximate surface area is 94.2 Å². The van der Waals surface area contributed by atoms with Crippen LogP contribution in [0.4, 0.5) is 0 Å². The van der Waals surface area contributed by atoms with Crippen molar-refractivity contribution in [2.24, 2.45) is 0 Å². The van der Waals surface area contributed by atoms with Crippen molar-refractivity contribution >= 4 is 23.3 Å². The highest BCUT2D eigenvalue weighted by Gasteiger charge is 2.05. The van der Waals surface area contributed by atoms with Gasteiger partial charge in [-0.3, -0.25) is 0 Å². The Bertz CT molecular complexity index is 575. The van der Waals surface area contributed by atoms with Gasteiger partial charge in [0.25, 0.3) is 0 Å². The number of imidazole rings is 1. The number of nitrogens with zero attached hydrogens (tertiary/aromatic N) is 1. The van der Waals surface area contributed by atoms with Crippen molar-refractivity contribution in [2.45, 2.75) is 20.4 Å². The van der Waals surface area contributed by atoms with Gasteiger partial charge in [0, 0.05) is 6.54 Å². The molecule has 0 saturated carbocycles. The number of hydrogen-bond donors (Lipinski definition) is 1. The molecule has 0 bridgehead atoms. The zero-order chi connectivity index (χ0) is 11.0. The third-order valence-corrected chi connectivity index (χ3v) is 2.74. The van der Waals surface area contributed by atoms with Gasteiger partial charge in [0.05, 0.1) is 11.0 Å². The number of aryl methyl sites for hydroxylation is 1. The summed E-state index contributed by atoms with van der Waals surface area (Å²) >= 11 is 5.30. The molecule has 0 aliphatic heterocycles. The van der Waals surface area contributed by atoms with Gasteiger partial charge >= 0.3 is 0 Å². The predicted octanol–water partition coefficient (Wildman–Crippen LogP) is 3.58. The predicted molar refractivity (Wildman–Crippen MR) is 66.7 cm³/mol. The Kier molecular flexibility index (Phi) is 2.49. The normalized spacial score (nSPS) is 10.8. The van der Waals surface area contributed by atoms with Crippen molar-refractivity contribution in [3.8, 4) is 0 Å². The molecule has 1 N–H and O–H groups in total. The molecule has 0 aliphatic carbocycles. The van der Waals surface area contributed by atoms with Crippen molar-refractivity contribution in [3.05, 3.63) is 40.7 Å². The van der Waals surface area contributed by atoms with Crippen LogP contribution in [-0.4, -0.2) is 9.55 Å². The van der Waals surface area contributed by atoms with E-state index in [-0.39, 0.29) is 0 Å². The number of nitrogens with one attached hydrogen (secondary N) is 1. The van der Waals surface area contributed by atoms with Gasteiger partial charge in [0.1, 0.15) is 0 Å². The fourth-order valence-electron chi connectivity index (χ4n) is 1.82. The van der Waals surface area contributed by atoms with Crippen LogP contribution in [0.2, 0.25) is 0 Å². The molecule has 0 atom stereocenters. The lowest BCUT2D eigenvalue weighted by molar-refractivity contribution is 0.796. The monoisotopic (exact) mass is 218 g/mol. The molecule has 0 unspecified atom stereocenters. The van der Waals surface area contributed by atoms with Crippen LogP contribution in [0.15, 0.2) is 30.4 Å². The number of allylic oxidation sites excluding steroid dienone is 1. The Morgan fingerprint density at radius 2 is 2.27 bits per heavy atom. The van der Waals surface area contributed by atoms with E-state index in [9.17, 15) is 0 Å². The fraction of sp³-hybridized carbons (Fsp3) is 0.250. The Morgan fingerprint density at radius 3 is 2.93 bits per heavy atom. The third kappa shape index (κ3) is 1.75. The van der Waals surface area contributed by atoms with E-state index in [4.69, 9.17) is 12.2 Å². The van der Waals surface area contributed by atoms with E-state index in [1.807, 2.05) is 19.1 Å². The number of aromatic nitrogens is 2. The first-order valence-corrected chi connectivity index (χ1v) is 5.33. The van der Waals surface area contributed by atoms with E-state index in [1.54, 1.807) is 0 Å². The third-order valence-electron chi connectivity index (χ3n) is 2.42. The highest BCUT2D eigenvalue weighted by Crippen LogP contribution is 2.18. The van der Waals surface area contributed by atoms with Crippen LogP contribution in [0.5, 0.6) is 0 Å². The Morgan fingerprint density at radius 1 is 1.53 bits per heavy atom. The van der Waals surface area contributed by atoms with Crippen LogP contribution in [0.3, 0.4) is 0 Å². The zero-order valence-electron chi connectivity index (χ0n) is 9.00. The number of aromatic amines is 1. The SMILES string of the molecule is C=C(C)Cn1c(=S)[nH]c2cccc(C)c21. The topological polar surface area (TPSA) is 20.7 Å². The van der Waals surface area contributed by atoms with Crippen LogP contribution in [0.25, 0.3) is 11.0 Å². The standard InChI is InChI=1S/C12H14N2S/c1-8(2)7-14-11-9(3)5-4-6-10(11)13-12(14)15/h4-6H,1,7H2,2-3H3,(H,13,15). The second kappa shape index (κ2) is 3.66. The first-order chi connectivity index (χ1) is 7.09. The molecule has 1 aromatic heterocycles. The maximum atomic E-state index is 5.30. The maximum absolute atomic E-state index is 5.30. The molecule has 0 aliphatic rings. The Hall–Kier alpha value is -1.35. The van der Waals surface area contributed by atoms with Gasteiger partial charge in [0.15, 0.2) is 4.77 Å². The number of hydrogen-bond acceptors (Lipinski definition) is 1. The van der Waals surface area contributed by atoms with E-state index in [1.165, 1.54) is 11.1 Å². The van der Waals surface area contributed by atoms with E-state index in [0.29, 0.717) is 0 Å². The van der Waals surface area contributed by atoms with Crippen LogP contribution in [0.1, 0.15) is 12.5 Å². The first kappa shape index (κ1) is 10.2. The number of rotatable bonds is 2. The molecule has 2 nitrogen and oxygen atoms in total. The average molecular weight is 218 g/mol. The van der Waals surface area contributed by atoms with Gasteiger partial charge in [-0.05, 0) is 37.7 Å². The van der Waals surface area contributed by atoms with Gasteiger partial charge < -0.3 is 9.55 Å². The highest BCUT2D eigenvalue weighted by molar-refractivity contribution is 7.71. The molecule has 0 radical (unpaired) electrons. The molecular formula is C12H14N2S. The zero-order valence-corrected chi connectivity index (χ0v) is 9.82. The van der Waals surface area contributed by atoms with Gasteiger partial charge in [-0.15, -0.1) is 0 Å². The van der Waals surface area contributed by atoms with E-state index in [0.717, 1.165) is 22.4 Å². The minimum absolute atomic E-state index is 0.766. The summed E-state index contributed by atoms with van der Waals surface area (Å²) in [6.07, 6.45) is 0. The van der Waals surface area contributed by atoms with E-state index in [2.05, 4.69) is 29.1 Å². The van der Waals surface area contributed by atoms with Gasteiger partial charge in [-0.25, -0.2) is 0 Å². The largest absolute Gasteiger partial charge is 0.331 e. The lowest BCUT2D eigenvalue weighted by atomic mass is 10.2. The minimum atomic E-state index is 0.766. The van der Waals surface area contributed by atoms with Crippen molar-refractivity contribution < 1.29 is 0 Å². The van der Waals surface area contributed by atoms with Crippen LogP contribution in [0, 0.1) is 11.7 Å². The summed E-state index contributed by atoms with van der Waals surface area (Å²) in [4.78, 5) is 3.21. The van der Waals surface area contributed by atoms with Crippen LogP contribution >= 0.6 is 12.2 Å². The van der Waals surface area contributed by atoms with Crippen molar-refractivity contribution in [1.82, 2.24) is 9.55 Å². The first-order valence-electron chi connectivity index (χ1n) is 4.92. The molecule has 1 aromatic carbocycles. The molecule has 78 valence electrons. The highest BCUT2D eigenvalue weighted by atomic mass is 32.1. The van der Waals surface area contributed by atoms with Crippen LogP contribution < -0.4 is 0 Å². The van der Waals surface area contributed by atoms with E-state index < -0.39 is 0 Å².